The molecule has 0 fully saturated rings. The van der Waals surface area contributed by atoms with Gasteiger partial charge in [0.2, 0.25) is 0 Å². The minimum Gasteiger partial charge on any atom is -0.332 e. The number of urea groups is 1. The molecule has 2 heterocycles. The topological polar surface area (TPSA) is 66.9 Å². The SMILES string of the molecule is CC(NC(=O)NCc1ccccn1)c1cccnc1. The number of aromatic nitrogens is 2. The van der Waals surface area contributed by atoms with E-state index in [-0.39, 0.29) is 12.1 Å². The second kappa shape index (κ2) is 6.49. The van der Waals surface area contributed by atoms with E-state index in [0.29, 0.717) is 6.54 Å². The number of rotatable bonds is 4. The first-order chi connectivity index (χ1) is 9.25. The van der Waals surface area contributed by atoms with E-state index in [9.17, 15) is 4.79 Å². The van der Waals surface area contributed by atoms with Crippen LogP contribution in [0.3, 0.4) is 0 Å². The van der Waals surface area contributed by atoms with Gasteiger partial charge in [0.1, 0.15) is 0 Å². The normalized spacial score (nSPS) is 11.6. The molecule has 0 aliphatic heterocycles. The second-order valence-corrected chi connectivity index (χ2v) is 4.16. The molecule has 0 aromatic carbocycles. The largest absolute Gasteiger partial charge is 0.332 e. The average molecular weight is 256 g/mol. The van der Waals surface area contributed by atoms with Gasteiger partial charge < -0.3 is 10.6 Å². The van der Waals surface area contributed by atoms with Crippen molar-refractivity contribution in [1.82, 2.24) is 20.6 Å². The van der Waals surface area contributed by atoms with Crippen molar-refractivity contribution in [3.63, 3.8) is 0 Å². The maximum absolute atomic E-state index is 11.7. The molecule has 0 aliphatic carbocycles. The average Bonchev–Trinajstić information content (AvgIpc) is 2.47. The maximum Gasteiger partial charge on any atom is 0.315 e. The van der Waals surface area contributed by atoms with Crippen molar-refractivity contribution in [3.8, 4) is 0 Å². The highest BCUT2D eigenvalue weighted by Gasteiger charge is 2.08. The van der Waals surface area contributed by atoms with Crippen LogP contribution in [0.2, 0.25) is 0 Å². The monoisotopic (exact) mass is 256 g/mol. The van der Waals surface area contributed by atoms with E-state index in [1.165, 1.54) is 0 Å². The molecule has 0 spiro atoms. The Morgan fingerprint density at radius 3 is 2.84 bits per heavy atom. The quantitative estimate of drug-likeness (QED) is 0.879. The molecule has 1 unspecified atom stereocenters. The van der Waals surface area contributed by atoms with Gasteiger partial charge in [-0.1, -0.05) is 12.1 Å². The number of pyridine rings is 2. The highest BCUT2D eigenvalue weighted by molar-refractivity contribution is 5.74. The van der Waals surface area contributed by atoms with Gasteiger partial charge >= 0.3 is 6.03 Å². The van der Waals surface area contributed by atoms with Gasteiger partial charge in [0, 0.05) is 18.6 Å². The van der Waals surface area contributed by atoms with Gasteiger partial charge in [-0.15, -0.1) is 0 Å². The molecule has 5 nitrogen and oxygen atoms in total. The lowest BCUT2D eigenvalue weighted by Gasteiger charge is -2.14. The molecular formula is C14H16N4O. The first-order valence-electron chi connectivity index (χ1n) is 6.10. The molecule has 2 aromatic rings. The lowest BCUT2D eigenvalue weighted by atomic mass is 10.1. The Kier molecular flexibility index (Phi) is 4.44. The van der Waals surface area contributed by atoms with Crippen LogP contribution in [-0.2, 0) is 6.54 Å². The molecular weight excluding hydrogens is 240 g/mol. The Morgan fingerprint density at radius 1 is 1.26 bits per heavy atom. The van der Waals surface area contributed by atoms with Gasteiger partial charge in [-0.3, -0.25) is 9.97 Å². The number of carbonyl (C=O) groups excluding carboxylic acids is 1. The fraction of sp³-hybridized carbons (Fsp3) is 0.214. The molecule has 2 amide bonds. The lowest BCUT2D eigenvalue weighted by Crippen LogP contribution is -2.36. The van der Waals surface area contributed by atoms with Crippen molar-refractivity contribution in [2.24, 2.45) is 0 Å². The van der Waals surface area contributed by atoms with E-state index in [1.807, 2.05) is 37.3 Å². The Hall–Kier alpha value is -2.43. The summed E-state index contributed by atoms with van der Waals surface area (Å²) in [6.07, 6.45) is 5.15. The summed E-state index contributed by atoms with van der Waals surface area (Å²) in [5, 5.41) is 5.62. The molecule has 2 N–H and O–H groups in total. The van der Waals surface area contributed by atoms with Crippen LogP contribution >= 0.6 is 0 Å². The van der Waals surface area contributed by atoms with Crippen LogP contribution in [0.15, 0.2) is 48.9 Å². The lowest BCUT2D eigenvalue weighted by molar-refractivity contribution is 0.237. The minimum absolute atomic E-state index is 0.0857. The summed E-state index contributed by atoms with van der Waals surface area (Å²) in [6, 6.07) is 9.06. The number of hydrogen-bond acceptors (Lipinski definition) is 3. The number of amides is 2. The molecule has 0 saturated heterocycles. The van der Waals surface area contributed by atoms with Crippen LogP contribution in [-0.4, -0.2) is 16.0 Å². The summed E-state index contributed by atoms with van der Waals surface area (Å²) in [6.45, 7) is 2.32. The van der Waals surface area contributed by atoms with Crippen molar-refractivity contribution in [3.05, 3.63) is 60.2 Å². The summed E-state index contributed by atoms with van der Waals surface area (Å²) in [7, 11) is 0. The predicted molar refractivity (Wildman–Crippen MR) is 72.3 cm³/mol. The fourth-order valence-electron chi connectivity index (χ4n) is 1.64. The van der Waals surface area contributed by atoms with Gasteiger partial charge in [-0.2, -0.15) is 0 Å². The Bertz CT molecular complexity index is 515. The summed E-state index contributed by atoms with van der Waals surface area (Å²) in [5.74, 6) is 0. The van der Waals surface area contributed by atoms with E-state index >= 15 is 0 Å². The Balaban J connectivity index is 1.82. The molecule has 0 radical (unpaired) electrons. The van der Waals surface area contributed by atoms with E-state index in [2.05, 4.69) is 20.6 Å². The molecule has 1 atom stereocenters. The Labute approximate surface area is 112 Å². The van der Waals surface area contributed by atoms with Gasteiger partial charge in [-0.25, -0.2) is 4.79 Å². The molecule has 2 rings (SSSR count). The van der Waals surface area contributed by atoms with Gasteiger partial charge in [0.25, 0.3) is 0 Å². The summed E-state index contributed by atoms with van der Waals surface area (Å²) < 4.78 is 0. The van der Waals surface area contributed by atoms with E-state index in [4.69, 9.17) is 0 Å². The third kappa shape index (κ3) is 4.06. The maximum atomic E-state index is 11.7. The molecule has 0 saturated carbocycles. The fourth-order valence-corrected chi connectivity index (χ4v) is 1.64. The van der Waals surface area contributed by atoms with Crippen LogP contribution in [0.5, 0.6) is 0 Å². The number of nitrogens with one attached hydrogen (secondary N) is 2. The van der Waals surface area contributed by atoms with Gasteiger partial charge in [0.15, 0.2) is 0 Å². The highest BCUT2D eigenvalue weighted by atomic mass is 16.2. The first-order valence-corrected chi connectivity index (χ1v) is 6.10. The summed E-state index contributed by atoms with van der Waals surface area (Å²) in [5.41, 5.74) is 1.79. The molecule has 0 bridgehead atoms. The van der Waals surface area contributed by atoms with Crippen LogP contribution in [0.25, 0.3) is 0 Å². The summed E-state index contributed by atoms with van der Waals surface area (Å²) >= 11 is 0. The first kappa shape index (κ1) is 13.0. The highest BCUT2D eigenvalue weighted by Crippen LogP contribution is 2.09. The zero-order valence-electron chi connectivity index (χ0n) is 10.7. The third-order valence-electron chi connectivity index (χ3n) is 2.69. The molecule has 19 heavy (non-hydrogen) atoms. The van der Waals surface area contributed by atoms with Crippen LogP contribution in [0.1, 0.15) is 24.2 Å². The standard InChI is InChI=1S/C14H16N4O/c1-11(12-5-4-7-15-9-12)18-14(19)17-10-13-6-2-3-8-16-13/h2-9,11H,10H2,1H3,(H2,17,18,19). The van der Waals surface area contributed by atoms with Crippen molar-refractivity contribution < 1.29 is 4.79 Å². The van der Waals surface area contributed by atoms with Crippen LogP contribution in [0, 0.1) is 0 Å². The van der Waals surface area contributed by atoms with Crippen molar-refractivity contribution >= 4 is 6.03 Å². The smallest absolute Gasteiger partial charge is 0.315 e. The van der Waals surface area contributed by atoms with Crippen LogP contribution in [0.4, 0.5) is 4.79 Å². The van der Waals surface area contributed by atoms with Crippen molar-refractivity contribution in [1.29, 1.82) is 0 Å². The molecule has 2 aromatic heterocycles. The van der Waals surface area contributed by atoms with Gasteiger partial charge in [-0.05, 0) is 30.7 Å². The number of hydrogen-bond donors (Lipinski definition) is 2. The number of nitrogens with zero attached hydrogens (tertiary/aromatic N) is 2. The molecule has 98 valence electrons. The van der Waals surface area contributed by atoms with E-state index < -0.39 is 0 Å². The van der Waals surface area contributed by atoms with Crippen molar-refractivity contribution in [2.75, 3.05) is 0 Å². The summed E-state index contributed by atoms with van der Waals surface area (Å²) in [4.78, 5) is 19.9. The van der Waals surface area contributed by atoms with E-state index in [1.54, 1.807) is 18.6 Å². The second-order valence-electron chi connectivity index (χ2n) is 4.16. The predicted octanol–water partition coefficient (Wildman–Crippen LogP) is 2.04. The Morgan fingerprint density at radius 2 is 2.16 bits per heavy atom. The minimum atomic E-state index is -0.220. The van der Waals surface area contributed by atoms with Crippen molar-refractivity contribution in [2.45, 2.75) is 19.5 Å². The number of carbonyl (C=O) groups is 1. The third-order valence-corrected chi connectivity index (χ3v) is 2.69. The molecule has 5 heteroatoms. The van der Waals surface area contributed by atoms with Gasteiger partial charge in [0.05, 0.1) is 18.3 Å². The zero-order chi connectivity index (χ0) is 13.5. The van der Waals surface area contributed by atoms with Crippen LogP contribution < -0.4 is 10.6 Å². The molecule has 0 aliphatic rings. The van der Waals surface area contributed by atoms with E-state index in [0.717, 1.165) is 11.3 Å². The zero-order valence-corrected chi connectivity index (χ0v) is 10.7.